The number of aromatic nitrogens is 4. The molecule has 4 aromatic carbocycles. The summed E-state index contributed by atoms with van der Waals surface area (Å²) in [5.74, 6) is -1.81. The fraction of sp³-hybridized carbons (Fsp3) is 0.200. The number of nitrogens with one attached hydrogen (secondary N) is 2. The molecule has 0 fully saturated rings. The van der Waals surface area contributed by atoms with Crippen molar-refractivity contribution in [2.75, 3.05) is 52.6 Å². The molecule has 0 amide bonds. The molecule has 0 spiro atoms. The van der Waals surface area contributed by atoms with Crippen LogP contribution in [0.2, 0.25) is 0 Å². The minimum atomic E-state index is -0.454. The van der Waals surface area contributed by atoms with Crippen LogP contribution in [0.4, 0.5) is 0 Å². The molecule has 5 heterocycles. The summed E-state index contributed by atoms with van der Waals surface area (Å²) in [6.07, 6.45) is 9.99. The van der Waals surface area contributed by atoms with Crippen LogP contribution in [0.25, 0.3) is 90.9 Å². The Hall–Kier alpha value is -8.80. The number of H-pyrrole nitrogens is 2. The summed E-state index contributed by atoms with van der Waals surface area (Å²) in [5, 5.41) is 0. The van der Waals surface area contributed by atoms with Crippen LogP contribution < -0.4 is 22.9 Å². The number of hydrogen-bond acceptors (Lipinski definition) is 14. The fourth-order valence-corrected chi connectivity index (χ4v) is 8.84. The lowest BCUT2D eigenvalue weighted by molar-refractivity contribution is 0.0493. The van der Waals surface area contributed by atoms with Gasteiger partial charge in [-0.05, 0) is 171 Å². The molecule has 2 aliphatic rings. The minimum Gasteiger partial charge on any atom is -0.462 e. The van der Waals surface area contributed by atoms with Gasteiger partial charge in [0.1, 0.15) is 0 Å². The van der Waals surface area contributed by atoms with Gasteiger partial charge in [-0.25, -0.2) is 29.1 Å². The highest BCUT2D eigenvalue weighted by molar-refractivity contribution is 6.01. The lowest BCUT2D eigenvalue weighted by Crippen LogP contribution is -2.10. The molecular formula is C60H58N8O8. The predicted octanol–water partition coefficient (Wildman–Crippen LogP) is 9.35. The van der Waals surface area contributed by atoms with Crippen LogP contribution in [0.15, 0.2) is 121 Å². The highest BCUT2D eigenvalue weighted by Gasteiger charge is 2.21. The smallest absolute Gasteiger partial charge is 0.338 e. The van der Waals surface area contributed by atoms with Gasteiger partial charge in [-0.3, -0.25) is 0 Å². The Labute approximate surface area is 438 Å². The molecule has 0 saturated heterocycles. The normalized spacial score (nSPS) is 11.6. The van der Waals surface area contributed by atoms with Crippen LogP contribution in [0.3, 0.4) is 0 Å². The van der Waals surface area contributed by atoms with E-state index in [-0.39, 0.29) is 26.4 Å². The lowest BCUT2D eigenvalue weighted by Gasteiger charge is -2.09. The quantitative estimate of drug-likeness (QED) is 0.0236. The van der Waals surface area contributed by atoms with E-state index < -0.39 is 23.9 Å². The van der Waals surface area contributed by atoms with E-state index in [1.807, 2.05) is 97.1 Å². The summed E-state index contributed by atoms with van der Waals surface area (Å²) in [7, 11) is 0. The molecule has 7 aromatic rings. The zero-order chi connectivity index (χ0) is 53.0. The monoisotopic (exact) mass is 1020 g/mol. The van der Waals surface area contributed by atoms with Gasteiger partial charge in [0.2, 0.25) is 0 Å². The number of hydrogen-bond donors (Lipinski definition) is 6. The number of aromatic amines is 2. The molecule has 0 saturated carbocycles. The van der Waals surface area contributed by atoms with E-state index in [0.717, 1.165) is 44.5 Å². The summed E-state index contributed by atoms with van der Waals surface area (Å²) in [4.78, 5) is 70.3. The number of benzene rings is 4. The molecule has 16 heteroatoms. The Bertz CT molecular complexity index is 3040. The van der Waals surface area contributed by atoms with E-state index in [4.69, 9.17) is 51.9 Å². The van der Waals surface area contributed by atoms with Gasteiger partial charge < -0.3 is 51.9 Å². The zero-order valence-electron chi connectivity index (χ0n) is 41.8. The average Bonchev–Trinajstić information content (AvgIpc) is 4.33. The maximum absolute atomic E-state index is 13.0. The molecule has 0 unspecified atom stereocenters. The molecular weight excluding hydrogens is 961 g/mol. The van der Waals surface area contributed by atoms with Crippen LogP contribution in [0, 0.1) is 0 Å². The zero-order valence-corrected chi connectivity index (χ0v) is 41.8. The van der Waals surface area contributed by atoms with Crippen molar-refractivity contribution < 1.29 is 38.1 Å². The number of carbonyl (C=O) groups is 4. The Balaban J connectivity index is 1.30. The topological polar surface area (TPSA) is 267 Å². The number of carbonyl (C=O) groups excluding carboxylic acids is 4. The molecule has 2 aliphatic heterocycles. The molecule has 8 bridgehead atoms. The number of esters is 4. The average molecular weight is 1020 g/mol. The van der Waals surface area contributed by atoms with E-state index in [2.05, 4.69) is 9.97 Å². The first-order chi connectivity index (χ1) is 37.2. The Kier molecular flexibility index (Phi) is 16.8. The predicted molar refractivity (Wildman–Crippen MR) is 296 cm³/mol. The molecule has 10 N–H and O–H groups in total. The summed E-state index contributed by atoms with van der Waals surface area (Å²) in [6, 6.07) is 36.7. The number of nitrogens with zero attached hydrogens (tertiary/aromatic N) is 2. The van der Waals surface area contributed by atoms with E-state index >= 15 is 0 Å². The van der Waals surface area contributed by atoms with Crippen LogP contribution in [-0.2, 0) is 18.9 Å². The van der Waals surface area contributed by atoms with E-state index in [1.54, 1.807) is 48.5 Å². The Morgan fingerprint density at radius 1 is 0.329 bits per heavy atom. The molecule has 0 radical (unpaired) electrons. The largest absolute Gasteiger partial charge is 0.462 e. The number of nitrogens with two attached hydrogens (primary N) is 4. The van der Waals surface area contributed by atoms with Gasteiger partial charge in [0, 0.05) is 44.3 Å². The molecule has 0 atom stereocenters. The molecule has 16 nitrogen and oxygen atoms in total. The van der Waals surface area contributed by atoms with Crippen LogP contribution in [0.5, 0.6) is 0 Å². The number of rotatable bonds is 20. The standard InChI is InChI=1S/C60H58N8O8/c61-29-1-33-73-57(69)41-13-5-37(6-14-41)53-45-21-23-47(65-45)54(38-7-15-42(16-8-38)58(70)74-34-2-30-62)49-25-27-51(67-49)56(40-11-19-44(20-12-40)60(72)76-36-4-32-64)52-28-26-50(68-52)55(48-24-22-46(53)66-48)39-9-17-43(18-10-39)59(71)75-35-3-31-63/h5-28,65,68H,1-4,29-36,61-64H2. The van der Waals surface area contributed by atoms with Crippen molar-refractivity contribution in [1.29, 1.82) is 0 Å². The van der Waals surface area contributed by atoms with Gasteiger partial charge in [0.25, 0.3) is 0 Å². The van der Waals surface area contributed by atoms with Crippen molar-refractivity contribution in [1.82, 2.24) is 19.9 Å². The maximum Gasteiger partial charge on any atom is 0.338 e. The Morgan fingerprint density at radius 3 is 0.737 bits per heavy atom. The highest BCUT2D eigenvalue weighted by atomic mass is 16.5. The first-order valence-corrected chi connectivity index (χ1v) is 25.2. The van der Waals surface area contributed by atoms with Crippen LogP contribution >= 0.6 is 0 Å². The maximum atomic E-state index is 13.0. The third-order valence-electron chi connectivity index (χ3n) is 12.7. The SMILES string of the molecule is NCCCOC(=O)c1ccc(-c2c3nc(c(-c4ccc(C(=O)OCCCN)cc4)c4ccc([nH]4)c(-c4ccc(C(=O)OCCCN)cc4)c4nc(c(-c5ccc(C(=O)OCCCN)cc5)c5ccc2[nH]5)C=C4)C=C3)cc1. The van der Waals surface area contributed by atoms with Gasteiger partial charge in [0.05, 0.1) is 71.5 Å². The van der Waals surface area contributed by atoms with Gasteiger partial charge in [0.15, 0.2) is 0 Å². The fourth-order valence-electron chi connectivity index (χ4n) is 8.84. The highest BCUT2D eigenvalue weighted by Crippen LogP contribution is 2.39. The van der Waals surface area contributed by atoms with Gasteiger partial charge in [-0.1, -0.05) is 48.5 Å². The second-order valence-corrected chi connectivity index (χ2v) is 17.9. The van der Waals surface area contributed by atoms with Crippen molar-refractivity contribution in [3.05, 3.63) is 166 Å². The van der Waals surface area contributed by atoms with Crippen molar-refractivity contribution in [2.24, 2.45) is 22.9 Å². The summed E-state index contributed by atoms with van der Waals surface area (Å²) in [5.41, 5.74) is 35.5. The summed E-state index contributed by atoms with van der Waals surface area (Å²) < 4.78 is 21.9. The Morgan fingerprint density at radius 2 is 0.539 bits per heavy atom. The number of fused-ring (bicyclic) bond motifs is 8. The molecule has 3 aromatic heterocycles. The van der Waals surface area contributed by atoms with E-state index in [1.165, 1.54) is 0 Å². The van der Waals surface area contributed by atoms with Gasteiger partial charge in [-0.15, -0.1) is 0 Å². The van der Waals surface area contributed by atoms with Crippen molar-refractivity contribution >= 4 is 70.2 Å². The molecule has 76 heavy (non-hydrogen) atoms. The molecule has 386 valence electrons. The lowest BCUT2D eigenvalue weighted by atomic mass is 10.0. The van der Waals surface area contributed by atoms with Crippen LogP contribution in [-0.4, -0.2) is 96.4 Å². The van der Waals surface area contributed by atoms with Crippen molar-refractivity contribution in [2.45, 2.75) is 25.7 Å². The second kappa shape index (κ2) is 24.5. The van der Waals surface area contributed by atoms with E-state index in [0.29, 0.717) is 119 Å². The minimum absolute atomic E-state index is 0.212. The van der Waals surface area contributed by atoms with Crippen LogP contribution in [0.1, 0.15) is 89.9 Å². The second-order valence-electron chi connectivity index (χ2n) is 17.9. The first kappa shape index (κ1) is 52.1. The van der Waals surface area contributed by atoms with Gasteiger partial charge in [-0.2, -0.15) is 0 Å². The van der Waals surface area contributed by atoms with Crippen molar-refractivity contribution in [3.8, 4) is 44.5 Å². The summed E-state index contributed by atoms with van der Waals surface area (Å²) in [6.45, 7) is 2.46. The molecule has 0 aliphatic carbocycles. The van der Waals surface area contributed by atoms with Crippen molar-refractivity contribution in [3.63, 3.8) is 0 Å². The van der Waals surface area contributed by atoms with E-state index in [9.17, 15) is 19.2 Å². The number of ether oxygens (including phenoxy) is 4. The molecule has 9 rings (SSSR count). The first-order valence-electron chi connectivity index (χ1n) is 25.2. The van der Waals surface area contributed by atoms with Gasteiger partial charge >= 0.3 is 23.9 Å². The third-order valence-corrected chi connectivity index (χ3v) is 12.7. The summed E-state index contributed by atoms with van der Waals surface area (Å²) >= 11 is 0. The third kappa shape index (κ3) is 11.8.